The molecule has 1 aliphatic heterocycles. The molecule has 1 unspecified atom stereocenters. The van der Waals surface area contributed by atoms with Gasteiger partial charge in [0.05, 0.1) is 30.2 Å². The molecular formula is C23H25F2N7O. The van der Waals surface area contributed by atoms with Crippen LogP contribution in [-0.2, 0) is 0 Å². The Labute approximate surface area is 190 Å². The maximum absolute atomic E-state index is 13.7. The number of nitrogens with two attached hydrogens (primary N) is 1. The number of hydrogen-bond acceptors (Lipinski definition) is 7. The zero-order valence-electron chi connectivity index (χ0n) is 18.7. The van der Waals surface area contributed by atoms with E-state index in [0.29, 0.717) is 16.9 Å². The van der Waals surface area contributed by atoms with Gasteiger partial charge in [-0.25, -0.2) is 23.4 Å². The van der Waals surface area contributed by atoms with E-state index in [1.165, 1.54) is 11.0 Å². The van der Waals surface area contributed by atoms with Gasteiger partial charge in [-0.15, -0.1) is 6.58 Å². The van der Waals surface area contributed by atoms with Gasteiger partial charge in [-0.05, 0) is 25.5 Å². The lowest BCUT2D eigenvalue weighted by atomic mass is 9.83. The third kappa shape index (κ3) is 3.68. The van der Waals surface area contributed by atoms with Gasteiger partial charge >= 0.3 is 0 Å². The number of nitrogens with zero attached hydrogens (tertiary/aromatic N) is 6. The summed E-state index contributed by atoms with van der Waals surface area (Å²) >= 11 is 0. The summed E-state index contributed by atoms with van der Waals surface area (Å²) in [5.41, 5.74) is 8.60. The molecule has 1 saturated heterocycles. The van der Waals surface area contributed by atoms with Gasteiger partial charge in [0.15, 0.2) is 5.65 Å². The quantitative estimate of drug-likeness (QED) is 0.543. The van der Waals surface area contributed by atoms with Crippen molar-refractivity contribution in [1.82, 2.24) is 24.6 Å². The third-order valence-corrected chi connectivity index (χ3v) is 6.26. The van der Waals surface area contributed by atoms with E-state index in [1.807, 2.05) is 19.9 Å². The molecule has 1 aliphatic rings. The molecule has 3 aromatic rings. The van der Waals surface area contributed by atoms with Crippen molar-refractivity contribution in [2.45, 2.75) is 32.2 Å². The molecule has 4 rings (SSSR count). The smallest absolute Gasteiger partial charge is 0.282 e. The molecular weight excluding hydrogens is 428 g/mol. The number of aromatic nitrogens is 4. The Morgan fingerprint density at radius 1 is 1.39 bits per heavy atom. The zero-order valence-corrected chi connectivity index (χ0v) is 18.7. The fourth-order valence-corrected chi connectivity index (χ4v) is 4.61. The molecule has 3 heterocycles. The van der Waals surface area contributed by atoms with Crippen LogP contribution in [0, 0.1) is 18.3 Å². The van der Waals surface area contributed by atoms with Crippen LogP contribution in [0.4, 0.5) is 14.6 Å². The van der Waals surface area contributed by atoms with Gasteiger partial charge in [-0.2, -0.15) is 10.4 Å². The first-order chi connectivity index (χ1) is 15.8. The highest BCUT2D eigenvalue weighted by atomic mass is 19.3. The molecule has 8 nitrogen and oxygen atoms in total. The van der Waals surface area contributed by atoms with Gasteiger partial charge in [0.1, 0.15) is 23.6 Å². The minimum atomic E-state index is -2.84. The Kier molecular flexibility index (Phi) is 5.99. The van der Waals surface area contributed by atoms with Crippen molar-refractivity contribution in [2.24, 2.45) is 0 Å². The minimum Gasteiger partial charge on any atom is -0.496 e. The number of alkyl halides is 2. The highest BCUT2D eigenvalue weighted by Crippen LogP contribution is 2.43. The van der Waals surface area contributed by atoms with Crippen molar-refractivity contribution < 1.29 is 13.5 Å². The van der Waals surface area contributed by atoms with Crippen molar-refractivity contribution in [3.63, 3.8) is 0 Å². The zero-order chi connectivity index (χ0) is 23.9. The summed E-state index contributed by atoms with van der Waals surface area (Å²) in [5.74, 6) is 0.759. The van der Waals surface area contributed by atoms with Crippen LogP contribution in [-0.4, -0.2) is 51.4 Å². The van der Waals surface area contributed by atoms with E-state index in [0.717, 1.165) is 30.8 Å². The Hall–Kier alpha value is -3.58. The number of nitrogen functional groups attached to an aromatic ring is 1. The minimum absolute atomic E-state index is 0.0326. The van der Waals surface area contributed by atoms with Crippen molar-refractivity contribution >= 4 is 16.9 Å². The number of nitriles is 1. The van der Waals surface area contributed by atoms with Crippen LogP contribution >= 0.6 is 0 Å². The Bertz CT molecular complexity index is 1260. The molecule has 0 amide bonds. The second kappa shape index (κ2) is 8.75. The highest BCUT2D eigenvalue weighted by molar-refractivity contribution is 5.88. The molecule has 0 aliphatic carbocycles. The molecule has 172 valence electrons. The first-order valence-electron chi connectivity index (χ1n) is 10.5. The van der Waals surface area contributed by atoms with Crippen LogP contribution in [0.5, 0.6) is 5.75 Å². The van der Waals surface area contributed by atoms with E-state index in [2.05, 4.69) is 32.6 Å². The first-order valence-corrected chi connectivity index (χ1v) is 10.5. The SMILES string of the molecule is C=CCN1CC(c2c(C)c(C#N)cc(C(C)n3nc(C(F)F)c4c(N)ncnc43)c2OC)C1. The largest absolute Gasteiger partial charge is 0.496 e. The second-order valence-corrected chi connectivity index (χ2v) is 8.17. The number of anilines is 1. The monoisotopic (exact) mass is 453 g/mol. The summed E-state index contributed by atoms with van der Waals surface area (Å²) < 4.78 is 34.7. The highest BCUT2D eigenvalue weighted by Gasteiger charge is 2.34. The summed E-state index contributed by atoms with van der Waals surface area (Å²) in [6, 6.07) is 3.45. The van der Waals surface area contributed by atoms with E-state index < -0.39 is 18.2 Å². The Morgan fingerprint density at radius 3 is 2.73 bits per heavy atom. The number of fused-ring (bicyclic) bond motifs is 1. The van der Waals surface area contributed by atoms with Crippen LogP contribution in [0.1, 0.15) is 53.3 Å². The lowest BCUT2D eigenvalue weighted by Crippen LogP contribution is -2.45. The molecule has 1 fully saturated rings. The van der Waals surface area contributed by atoms with Gasteiger partial charge in [0.2, 0.25) is 0 Å². The number of halogens is 2. The molecule has 0 saturated carbocycles. The summed E-state index contributed by atoms with van der Waals surface area (Å²) in [6.45, 7) is 9.92. The summed E-state index contributed by atoms with van der Waals surface area (Å²) in [5, 5.41) is 14.0. The van der Waals surface area contributed by atoms with Crippen molar-refractivity contribution in [1.29, 1.82) is 5.26 Å². The molecule has 0 bridgehead atoms. The number of ether oxygens (including phenoxy) is 1. The van der Waals surface area contributed by atoms with E-state index >= 15 is 0 Å². The van der Waals surface area contributed by atoms with Crippen LogP contribution in [0.2, 0.25) is 0 Å². The molecule has 10 heteroatoms. The van der Waals surface area contributed by atoms with Crippen LogP contribution in [0.15, 0.2) is 25.0 Å². The molecule has 1 atom stereocenters. The molecule has 0 radical (unpaired) electrons. The first kappa shape index (κ1) is 22.6. The maximum atomic E-state index is 13.7. The van der Waals surface area contributed by atoms with Crippen molar-refractivity contribution in [3.8, 4) is 11.8 Å². The van der Waals surface area contributed by atoms with E-state index in [-0.39, 0.29) is 22.8 Å². The predicted octanol–water partition coefficient (Wildman–Crippen LogP) is 3.73. The van der Waals surface area contributed by atoms with Crippen molar-refractivity contribution in [3.05, 3.63) is 53.0 Å². The lowest BCUT2D eigenvalue weighted by molar-refractivity contribution is 0.146. The number of likely N-dealkylation sites (tertiary alicyclic amines) is 1. The fraction of sp³-hybridized carbons (Fsp3) is 0.391. The van der Waals surface area contributed by atoms with Crippen LogP contribution < -0.4 is 10.5 Å². The molecule has 33 heavy (non-hydrogen) atoms. The summed E-state index contributed by atoms with van der Waals surface area (Å²) in [6.07, 6.45) is 0.236. The number of hydrogen-bond donors (Lipinski definition) is 1. The Morgan fingerprint density at radius 2 is 2.12 bits per heavy atom. The molecule has 0 spiro atoms. The summed E-state index contributed by atoms with van der Waals surface area (Å²) in [4.78, 5) is 10.3. The average Bonchev–Trinajstić information content (AvgIpc) is 3.17. The average molecular weight is 453 g/mol. The topological polar surface area (TPSA) is 106 Å². The van der Waals surface area contributed by atoms with Crippen LogP contribution in [0.25, 0.3) is 11.0 Å². The molecule has 2 aromatic heterocycles. The van der Waals surface area contributed by atoms with Gasteiger partial charge in [-0.1, -0.05) is 6.08 Å². The second-order valence-electron chi connectivity index (χ2n) is 8.17. The maximum Gasteiger partial charge on any atom is 0.282 e. The number of methoxy groups -OCH3 is 1. The van der Waals surface area contributed by atoms with Gasteiger partial charge in [0, 0.05) is 36.7 Å². The predicted molar refractivity (Wildman–Crippen MR) is 120 cm³/mol. The van der Waals surface area contributed by atoms with Gasteiger partial charge in [0.25, 0.3) is 6.43 Å². The third-order valence-electron chi connectivity index (χ3n) is 6.26. The normalized spacial score (nSPS) is 15.4. The van der Waals surface area contributed by atoms with E-state index in [9.17, 15) is 14.0 Å². The summed E-state index contributed by atoms with van der Waals surface area (Å²) in [7, 11) is 1.58. The number of rotatable bonds is 7. The van der Waals surface area contributed by atoms with Gasteiger partial charge < -0.3 is 10.5 Å². The van der Waals surface area contributed by atoms with Crippen molar-refractivity contribution in [2.75, 3.05) is 32.5 Å². The number of benzene rings is 1. The molecule has 2 N–H and O–H groups in total. The van der Waals surface area contributed by atoms with Gasteiger partial charge in [-0.3, -0.25) is 4.90 Å². The Balaban J connectivity index is 1.88. The molecule has 1 aromatic carbocycles. The standard InChI is InChI=1S/C23H25F2N7O/c1-5-6-31-9-15(10-31)17-12(2)14(8-26)7-16(20(17)33-4)13(3)32-23-18(19(30-32)21(24)25)22(27)28-11-29-23/h5,7,11,13,15,21H,1,6,9-10H2,2-4H3,(H2,27,28,29). The van der Waals surface area contributed by atoms with E-state index in [1.54, 1.807) is 13.2 Å². The van der Waals surface area contributed by atoms with E-state index in [4.69, 9.17) is 10.5 Å². The fourth-order valence-electron chi connectivity index (χ4n) is 4.61. The van der Waals surface area contributed by atoms with Crippen LogP contribution in [0.3, 0.4) is 0 Å². The lowest BCUT2D eigenvalue weighted by Gasteiger charge is -2.40.